The highest BCUT2D eigenvalue weighted by Crippen LogP contribution is 2.22. The number of aromatic nitrogens is 2. The molecular weight excluding hydrogens is 380 g/mol. The van der Waals surface area contributed by atoms with E-state index in [1.807, 2.05) is 30.3 Å². The van der Waals surface area contributed by atoms with Crippen molar-refractivity contribution in [2.75, 3.05) is 13.7 Å². The summed E-state index contributed by atoms with van der Waals surface area (Å²) in [6.07, 6.45) is 0. The van der Waals surface area contributed by atoms with Crippen molar-refractivity contribution in [3.8, 4) is 5.75 Å². The van der Waals surface area contributed by atoms with Gasteiger partial charge in [0.15, 0.2) is 12.4 Å². The largest absolute Gasteiger partial charge is 0.497 e. The average molecular weight is 399 g/mol. The molecule has 6 nitrogen and oxygen atoms in total. The van der Waals surface area contributed by atoms with Crippen LogP contribution in [0.25, 0.3) is 0 Å². The molecule has 2 aromatic carbocycles. The Balaban J connectivity index is 1.69. The molecule has 0 aliphatic rings. The molecule has 0 radical (unpaired) electrons. The number of halogens is 1. The summed E-state index contributed by atoms with van der Waals surface area (Å²) in [5, 5.41) is 4.50. The van der Waals surface area contributed by atoms with Gasteiger partial charge in [0.1, 0.15) is 16.5 Å². The summed E-state index contributed by atoms with van der Waals surface area (Å²) in [5.41, 5.74) is 2.01. The fourth-order valence-electron chi connectivity index (χ4n) is 2.73. The fraction of sp³-hybridized carbons (Fsp3) is 0.190. The Labute approximate surface area is 167 Å². The lowest BCUT2D eigenvalue weighted by atomic mass is 10.1. The Bertz CT molecular complexity index is 999. The van der Waals surface area contributed by atoms with Crippen LogP contribution >= 0.6 is 11.6 Å². The summed E-state index contributed by atoms with van der Waals surface area (Å²) >= 11 is 6.34. The molecule has 144 valence electrons. The number of benzene rings is 2. The maximum absolute atomic E-state index is 12.5. The second kappa shape index (κ2) is 8.71. The van der Waals surface area contributed by atoms with E-state index in [0.717, 1.165) is 5.56 Å². The standard InChI is InChI=1S/C21H19ClN2O4/c1-14-19(20(22)24(23-14)12-15-7-4-3-5-8-15)21(26)28-13-18(25)16-9-6-10-17(11-16)27-2/h3-11H,12-13H2,1-2H3. The van der Waals surface area contributed by atoms with E-state index in [2.05, 4.69) is 5.10 Å². The van der Waals surface area contributed by atoms with Gasteiger partial charge in [-0.3, -0.25) is 4.79 Å². The molecule has 3 aromatic rings. The molecular formula is C21H19ClN2O4. The topological polar surface area (TPSA) is 70.4 Å². The monoisotopic (exact) mass is 398 g/mol. The lowest BCUT2D eigenvalue weighted by molar-refractivity contribution is 0.0474. The highest BCUT2D eigenvalue weighted by Gasteiger charge is 2.23. The highest BCUT2D eigenvalue weighted by molar-refractivity contribution is 6.32. The van der Waals surface area contributed by atoms with Crippen molar-refractivity contribution in [2.24, 2.45) is 0 Å². The van der Waals surface area contributed by atoms with Crippen molar-refractivity contribution < 1.29 is 19.1 Å². The fourth-order valence-corrected chi connectivity index (χ4v) is 3.04. The zero-order valence-electron chi connectivity index (χ0n) is 15.5. The van der Waals surface area contributed by atoms with Crippen LogP contribution in [0, 0.1) is 6.92 Å². The van der Waals surface area contributed by atoms with Gasteiger partial charge in [-0.05, 0) is 24.6 Å². The van der Waals surface area contributed by atoms with Crippen molar-refractivity contribution >= 4 is 23.4 Å². The summed E-state index contributed by atoms with van der Waals surface area (Å²) in [4.78, 5) is 24.8. The minimum atomic E-state index is -0.682. The van der Waals surface area contributed by atoms with E-state index in [9.17, 15) is 9.59 Å². The number of hydrogen-bond acceptors (Lipinski definition) is 5. The minimum absolute atomic E-state index is 0.163. The molecule has 0 unspecified atom stereocenters. The first-order chi connectivity index (χ1) is 13.5. The first kappa shape index (κ1) is 19.6. The van der Waals surface area contributed by atoms with Crippen LogP contribution in [0.1, 0.15) is 32.0 Å². The van der Waals surface area contributed by atoms with E-state index >= 15 is 0 Å². The normalized spacial score (nSPS) is 10.5. The van der Waals surface area contributed by atoms with Crippen LogP contribution in [0.15, 0.2) is 54.6 Å². The van der Waals surface area contributed by atoms with Crippen molar-refractivity contribution in [2.45, 2.75) is 13.5 Å². The Kier molecular flexibility index (Phi) is 6.11. The molecule has 0 fully saturated rings. The number of aryl methyl sites for hydroxylation is 1. The zero-order valence-corrected chi connectivity index (χ0v) is 16.3. The molecule has 0 amide bonds. The van der Waals surface area contributed by atoms with Crippen molar-refractivity contribution in [1.82, 2.24) is 9.78 Å². The Morgan fingerprint density at radius 2 is 1.86 bits per heavy atom. The van der Waals surface area contributed by atoms with Crippen LogP contribution in [0.5, 0.6) is 5.75 Å². The van der Waals surface area contributed by atoms with Crippen molar-refractivity contribution in [1.29, 1.82) is 0 Å². The number of carbonyl (C=O) groups excluding carboxylic acids is 2. The van der Waals surface area contributed by atoms with E-state index in [4.69, 9.17) is 21.1 Å². The summed E-state index contributed by atoms with van der Waals surface area (Å²) in [6.45, 7) is 1.70. The van der Waals surface area contributed by atoms with Crippen LogP contribution in [0.3, 0.4) is 0 Å². The van der Waals surface area contributed by atoms with E-state index < -0.39 is 12.6 Å². The minimum Gasteiger partial charge on any atom is -0.497 e. The van der Waals surface area contributed by atoms with Gasteiger partial charge in [0.25, 0.3) is 0 Å². The molecule has 7 heteroatoms. The smallest absolute Gasteiger partial charge is 0.343 e. The number of ketones is 1. The highest BCUT2D eigenvalue weighted by atomic mass is 35.5. The Morgan fingerprint density at radius 1 is 1.11 bits per heavy atom. The molecule has 28 heavy (non-hydrogen) atoms. The SMILES string of the molecule is COc1cccc(C(=O)COC(=O)c2c(C)nn(Cc3ccccc3)c2Cl)c1. The zero-order chi connectivity index (χ0) is 20.1. The number of hydrogen-bond donors (Lipinski definition) is 0. The van der Waals surface area contributed by atoms with E-state index in [1.54, 1.807) is 31.2 Å². The molecule has 0 aliphatic carbocycles. The lowest BCUT2D eigenvalue weighted by Crippen LogP contribution is -2.15. The maximum atomic E-state index is 12.5. The second-order valence-corrected chi connectivity index (χ2v) is 6.48. The van der Waals surface area contributed by atoms with Gasteiger partial charge < -0.3 is 9.47 Å². The first-order valence-electron chi connectivity index (χ1n) is 8.61. The van der Waals surface area contributed by atoms with Crippen LogP contribution in [-0.2, 0) is 11.3 Å². The molecule has 0 saturated carbocycles. The van der Waals surface area contributed by atoms with Gasteiger partial charge in [-0.1, -0.05) is 54.1 Å². The third-order valence-electron chi connectivity index (χ3n) is 4.17. The molecule has 0 spiro atoms. The third-order valence-corrected chi connectivity index (χ3v) is 4.55. The van der Waals surface area contributed by atoms with Gasteiger partial charge in [0.05, 0.1) is 19.3 Å². The summed E-state index contributed by atoms with van der Waals surface area (Å²) < 4.78 is 11.8. The van der Waals surface area contributed by atoms with E-state index in [1.165, 1.54) is 11.8 Å². The predicted molar refractivity (Wildman–Crippen MR) is 105 cm³/mol. The summed E-state index contributed by atoms with van der Waals surface area (Å²) in [6, 6.07) is 16.3. The van der Waals surface area contributed by atoms with E-state index in [-0.39, 0.29) is 16.5 Å². The Morgan fingerprint density at radius 3 is 2.57 bits per heavy atom. The Hall–Kier alpha value is -3.12. The van der Waals surface area contributed by atoms with Crippen LogP contribution in [-0.4, -0.2) is 35.2 Å². The molecule has 1 aromatic heterocycles. The van der Waals surface area contributed by atoms with Crippen molar-refractivity contribution in [3.63, 3.8) is 0 Å². The van der Waals surface area contributed by atoms with Gasteiger partial charge in [-0.25, -0.2) is 9.48 Å². The second-order valence-electron chi connectivity index (χ2n) is 6.13. The summed E-state index contributed by atoms with van der Waals surface area (Å²) in [7, 11) is 1.52. The number of esters is 1. The molecule has 0 bridgehead atoms. The number of nitrogens with zero attached hydrogens (tertiary/aromatic N) is 2. The van der Waals surface area contributed by atoms with Gasteiger partial charge in [0, 0.05) is 5.56 Å². The summed E-state index contributed by atoms with van der Waals surface area (Å²) in [5.74, 6) is -0.464. The van der Waals surface area contributed by atoms with Gasteiger partial charge in [0.2, 0.25) is 0 Å². The maximum Gasteiger partial charge on any atom is 0.343 e. The number of methoxy groups -OCH3 is 1. The van der Waals surface area contributed by atoms with E-state index in [0.29, 0.717) is 23.6 Å². The van der Waals surface area contributed by atoms with Gasteiger partial charge in [-0.15, -0.1) is 0 Å². The molecule has 0 aliphatic heterocycles. The molecule has 0 N–H and O–H groups in total. The number of ether oxygens (including phenoxy) is 2. The third kappa shape index (κ3) is 4.40. The number of carbonyl (C=O) groups is 2. The van der Waals surface area contributed by atoms with Crippen molar-refractivity contribution in [3.05, 3.63) is 82.1 Å². The van der Waals surface area contributed by atoms with Gasteiger partial charge >= 0.3 is 5.97 Å². The molecule has 0 saturated heterocycles. The molecule has 3 rings (SSSR count). The van der Waals surface area contributed by atoms with Crippen LogP contribution in [0.4, 0.5) is 0 Å². The molecule has 1 heterocycles. The van der Waals surface area contributed by atoms with Crippen LogP contribution in [0.2, 0.25) is 5.15 Å². The quantitative estimate of drug-likeness (QED) is 0.445. The lowest BCUT2D eigenvalue weighted by Gasteiger charge is -2.06. The number of Topliss-reactive ketones (excluding diaryl/α,β-unsaturated/α-hetero) is 1. The number of rotatable bonds is 7. The first-order valence-corrected chi connectivity index (χ1v) is 8.98. The predicted octanol–water partition coefficient (Wildman–Crippen LogP) is 3.94. The average Bonchev–Trinajstić information content (AvgIpc) is 2.99. The molecule has 0 atom stereocenters. The van der Waals surface area contributed by atoms with Crippen LogP contribution < -0.4 is 4.74 Å². The van der Waals surface area contributed by atoms with Gasteiger partial charge in [-0.2, -0.15) is 5.10 Å².